The average Bonchev–Trinajstić information content (AvgIpc) is 2.90. The van der Waals surface area contributed by atoms with Crippen LogP contribution in [0.3, 0.4) is 0 Å². The molecule has 0 radical (unpaired) electrons. The second-order valence-electron chi connectivity index (χ2n) is 7.37. The number of hydrogen-bond acceptors (Lipinski definition) is 3. The van der Waals surface area contributed by atoms with Gasteiger partial charge in [-0.3, -0.25) is 10.1 Å². The zero-order valence-electron chi connectivity index (χ0n) is 13.6. The number of carboxylic acid groups (broad SMARTS) is 1. The van der Waals surface area contributed by atoms with Gasteiger partial charge in [0, 0.05) is 11.6 Å². The maximum absolute atomic E-state index is 11.8. The first-order chi connectivity index (χ1) is 10.0. The summed E-state index contributed by atoms with van der Waals surface area (Å²) in [6, 6.07) is 7.29. The lowest BCUT2D eigenvalue weighted by atomic mass is 10.0. The van der Waals surface area contributed by atoms with E-state index in [0.29, 0.717) is 5.69 Å². The largest absolute Gasteiger partial charge is 0.481 e. The minimum absolute atomic E-state index is 0.0367. The van der Waals surface area contributed by atoms with E-state index in [4.69, 9.17) is 4.74 Å². The van der Waals surface area contributed by atoms with Crippen molar-refractivity contribution in [3.63, 3.8) is 0 Å². The summed E-state index contributed by atoms with van der Waals surface area (Å²) in [5.74, 6) is -1.20. The summed E-state index contributed by atoms with van der Waals surface area (Å²) in [6.45, 7) is 9.29. The van der Waals surface area contributed by atoms with Crippen LogP contribution in [0, 0.1) is 11.3 Å². The van der Waals surface area contributed by atoms with E-state index in [1.807, 2.05) is 32.0 Å². The van der Waals surface area contributed by atoms with Crippen LogP contribution in [-0.4, -0.2) is 22.8 Å². The van der Waals surface area contributed by atoms with Crippen molar-refractivity contribution in [2.45, 2.75) is 46.1 Å². The molecule has 0 aromatic heterocycles. The zero-order chi connectivity index (χ0) is 16.7. The summed E-state index contributed by atoms with van der Waals surface area (Å²) in [7, 11) is 0. The molecule has 2 rings (SSSR count). The third kappa shape index (κ3) is 3.40. The Labute approximate surface area is 130 Å². The van der Waals surface area contributed by atoms with Crippen LogP contribution in [0.25, 0.3) is 0 Å². The molecule has 0 unspecified atom stereocenters. The van der Waals surface area contributed by atoms with Crippen LogP contribution in [0.5, 0.6) is 0 Å². The van der Waals surface area contributed by atoms with Gasteiger partial charge >= 0.3 is 12.1 Å². The van der Waals surface area contributed by atoms with E-state index in [2.05, 4.69) is 5.32 Å². The molecule has 120 valence electrons. The smallest absolute Gasteiger partial charge is 0.412 e. The number of carboxylic acids is 1. The summed E-state index contributed by atoms with van der Waals surface area (Å²) in [4.78, 5) is 23.1. The number of ether oxygens (including phenoxy) is 1. The van der Waals surface area contributed by atoms with E-state index < -0.39 is 17.7 Å². The molecule has 0 bridgehead atoms. The molecule has 0 spiro atoms. The molecule has 1 fully saturated rings. The molecule has 1 aliphatic rings. The molecule has 1 aromatic rings. The first kappa shape index (κ1) is 16.3. The van der Waals surface area contributed by atoms with Crippen molar-refractivity contribution in [3.8, 4) is 0 Å². The lowest BCUT2D eigenvalue weighted by molar-refractivity contribution is -0.139. The Morgan fingerprint density at radius 3 is 2.41 bits per heavy atom. The van der Waals surface area contributed by atoms with Crippen molar-refractivity contribution in [2.24, 2.45) is 11.3 Å². The number of aliphatic carboxylic acids is 1. The Kier molecular flexibility index (Phi) is 3.94. The molecule has 2 atom stereocenters. The van der Waals surface area contributed by atoms with E-state index >= 15 is 0 Å². The van der Waals surface area contributed by atoms with Crippen LogP contribution in [0.4, 0.5) is 10.5 Å². The van der Waals surface area contributed by atoms with Crippen molar-refractivity contribution < 1.29 is 19.4 Å². The summed E-state index contributed by atoms with van der Waals surface area (Å²) in [5.41, 5.74) is 0.704. The summed E-state index contributed by atoms with van der Waals surface area (Å²) >= 11 is 0. The standard InChI is InChI=1S/C17H23NO4/c1-16(2,3)22-15(21)18-11-8-6-7-10(9-11)12-13(14(19)20)17(12,4)5/h6-9,12-13H,1-5H3,(H,18,21)(H,19,20)/t12-,13+/m1/s1. The minimum Gasteiger partial charge on any atom is -0.481 e. The summed E-state index contributed by atoms with van der Waals surface area (Å²) < 4.78 is 5.21. The highest BCUT2D eigenvalue weighted by Gasteiger charge is 2.62. The highest BCUT2D eigenvalue weighted by atomic mass is 16.6. The van der Waals surface area contributed by atoms with Crippen LogP contribution in [0.2, 0.25) is 0 Å². The van der Waals surface area contributed by atoms with Gasteiger partial charge in [0.05, 0.1) is 5.92 Å². The van der Waals surface area contributed by atoms with E-state index in [9.17, 15) is 14.7 Å². The SMILES string of the molecule is CC(C)(C)OC(=O)Nc1cccc([C@@H]2[C@@H](C(=O)O)C2(C)C)c1. The van der Waals surface area contributed by atoms with Gasteiger partial charge in [-0.05, 0) is 43.9 Å². The number of amides is 1. The lowest BCUT2D eigenvalue weighted by Gasteiger charge is -2.19. The van der Waals surface area contributed by atoms with Gasteiger partial charge in [0.15, 0.2) is 0 Å². The van der Waals surface area contributed by atoms with Crippen molar-refractivity contribution in [3.05, 3.63) is 29.8 Å². The van der Waals surface area contributed by atoms with Crippen LogP contribution in [0.1, 0.15) is 46.1 Å². The van der Waals surface area contributed by atoms with Crippen molar-refractivity contribution >= 4 is 17.7 Å². The fourth-order valence-electron chi connectivity index (χ4n) is 2.95. The molecule has 1 aliphatic carbocycles. The monoisotopic (exact) mass is 305 g/mol. The predicted molar refractivity (Wildman–Crippen MR) is 83.9 cm³/mol. The van der Waals surface area contributed by atoms with Gasteiger partial charge in [-0.15, -0.1) is 0 Å². The van der Waals surface area contributed by atoms with Gasteiger partial charge in [-0.1, -0.05) is 26.0 Å². The molecule has 2 N–H and O–H groups in total. The summed E-state index contributed by atoms with van der Waals surface area (Å²) in [6.07, 6.45) is -0.519. The Morgan fingerprint density at radius 2 is 1.91 bits per heavy atom. The fourth-order valence-corrected chi connectivity index (χ4v) is 2.95. The first-order valence-electron chi connectivity index (χ1n) is 7.35. The molecule has 1 amide bonds. The Bertz CT molecular complexity index is 601. The molecule has 0 saturated heterocycles. The van der Waals surface area contributed by atoms with Crippen molar-refractivity contribution in [1.82, 2.24) is 0 Å². The maximum atomic E-state index is 11.8. The molecule has 5 nitrogen and oxygen atoms in total. The topological polar surface area (TPSA) is 75.6 Å². The third-order valence-corrected chi connectivity index (χ3v) is 3.98. The number of carbonyl (C=O) groups is 2. The van der Waals surface area contributed by atoms with E-state index in [1.54, 1.807) is 26.8 Å². The van der Waals surface area contributed by atoms with Gasteiger partial charge in [0.2, 0.25) is 0 Å². The van der Waals surface area contributed by atoms with Crippen molar-refractivity contribution in [2.75, 3.05) is 5.32 Å². The number of benzene rings is 1. The second-order valence-corrected chi connectivity index (χ2v) is 7.37. The molecular formula is C17H23NO4. The highest BCUT2D eigenvalue weighted by Crippen LogP contribution is 2.64. The molecule has 0 heterocycles. The Morgan fingerprint density at radius 1 is 1.27 bits per heavy atom. The average molecular weight is 305 g/mol. The number of anilines is 1. The first-order valence-corrected chi connectivity index (χ1v) is 7.35. The van der Waals surface area contributed by atoms with Crippen molar-refractivity contribution in [1.29, 1.82) is 0 Å². The number of nitrogens with one attached hydrogen (secondary N) is 1. The van der Waals surface area contributed by atoms with E-state index in [0.717, 1.165) is 5.56 Å². The van der Waals surface area contributed by atoms with Crippen LogP contribution in [0.15, 0.2) is 24.3 Å². The van der Waals surface area contributed by atoms with Crippen LogP contribution < -0.4 is 5.32 Å². The fraction of sp³-hybridized carbons (Fsp3) is 0.529. The number of rotatable bonds is 3. The van der Waals surface area contributed by atoms with E-state index in [-0.39, 0.29) is 17.3 Å². The minimum atomic E-state index is -0.777. The highest BCUT2D eigenvalue weighted by molar-refractivity contribution is 5.85. The number of carbonyl (C=O) groups excluding carboxylic acids is 1. The number of hydrogen-bond donors (Lipinski definition) is 2. The molecule has 5 heteroatoms. The molecule has 0 aliphatic heterocycles. The van der Waals surface area contributed by atoms with Crippen LogP contribution >= 0.6 is 0 Å². The Hall–Kier alpha value is -2.04. The summed E-state index contributed by atoms with van der Waals surface area (Å²) in [5, 5.41) is 12.0. The molecular weight excluding hydrogens is 282 g/mol. The molecule has 22 heavy (non-hydrogen) atoms. The quantitative estimate of drug-likeness (QED) is 0.889. The van der Waals surface area contributed by atoms with Gasteiger partial charge in [-0.25, -0.2) is 4.79 Å². The predicted octanol–water partition coefficient (Wildman–Crippen LogP) is 3.86. The maximum Gasteiger partial charge on any atom is 0.412 e. The van der Waals surface area contributed by atoms with E-state index in [1.165, 1.54) is 0 Å². The lowest BCUT2D eigenvalue weighted by Crippen LogP contribution is -2.27. The normalized spacial score (nSPS) is 22.8. The Balaban J connectivity index is 2.12. The van der Waals surface area contributed by atoms with Gasteiger partial charge in [0.25, 0.3) is 0 Å². The second kappa shape index (κ2) is 5.30. The van der Waals surface area contributed by atoms with Gasteiger partial charge < -0.3 is 9.84 Å². The zero-order valence-corrected chi connectivity index (χ0v) is 13.6. The molecule has 1 aromatic carbocycles. The van der Waals surface area contributed by atoms with Gasteiger partial charge in [0.1, 0.15) is 5.60 Å². The molecule has 1 saturated carbocycles. The van der Waals surface area contributed by atoms with Gasteiger partial charge in [-0.2, -0.15) is 0 Å². The third-order valence-electron chi connectivity index (χ3n) is 3.98. The van der Waals surface area contributed by atoms with Crippen LogP contribution in [-0.2, 0) is 9.53 Å².